The Morgan fingerprint density at radius 2 is 1.71 bits per heavy atom. The first-order valence-electron chi connectivity index (χ1n) is 5.85. The number of Topliss-reactive ketones (excluding diaryl/α,β-unsaturated/α-hetero) is 1. The lowest BCUT2D eigenvalue weighted by Gasteiger charge is -2.17. The van der Waals surface area contributed by atoms with Crippen molar-refractivity contribution in [2.24, 2.45) is 11.7 Å². The van der Waals surface area contributed by atoms with Crippen LogP contribution in [0.5, 0.6) is 0 Å². The quantitative estimate of drug-likeness (QED) is 0.878. The van der Waals surface area contributed by atoms with Crippen LogP contribution in [0.4, 0.5) is 0 Å². The van der Waals surface area contributed by atoms with E-state index in [1.165, 1.54) is 5.56 Å². The zero-order chi connectivity index (χ0) is 12.1. The second kappa shape index (κ2) is 7.46. The van der Waals surface area contributed by atoms with Crippen LogP contribution < -0.4 is 5.73 Å². The van der Waals surface area contributed by atoms with Crippen molar-refractivity contribution in [1.29, 1.82) is 0 Å². The van der Waals surface area contributed by atoms with E-state index in [1.54, 1.807) is 0 Å². The molecular weight excluding hydrogens is 234 g/mol. The van der Waals surface area contributed by atoms with E-state index in [1.807, 2.05) is 32.0 Å². The number of hydrogen-bond donors (Lipinski definition) is 1. The maximum Gasteiger partial charge on any atom is 0.150 e. The summed E-state index contributed by atoms with van der Waals surface area (Å²) in [4.78, 5) is 11.8. The zero-order valence-electron chi connectivity index (χ0n) is 10.7. The van der Waals surface area contributed by atoms with Crippen molar-refractivity contribution in [3.63, 3.8) is 0 Å². The molecule has 1 aromatic carbocycles. The third kappa shape index (κ3) is 4.88. The van der Waals surface area contributed by atoms with Crippen molar-refractivity contribution >= 4 is 18.2 Å². The Bertz CT molecular complexity index is 337. The van der Waals surface area contributed by atoms with E-state index in [0.717, 1.165) is 0 Å². The standard InChI is InChI=1S/C14H21NO.ClH/c1-10(2)14(15)13(16)9-11(3)12-7-5-4-6-8-12;/h4-8,10-11,14H,9,15H2,1-3H3;1H/t11-,14-;/m0./s1. The van der Waals surface area contributed by atoms with Gasteiger partial charge in [-0.1, -0.05) is 51.1 Å². The highest BCUT2D eigenvalue weighted by molar-refractivity contribution is 5.85. The molecule has 0 fully saturated rings. The van der Waals surface area contributed by atoms with Gasteiger partial charge in [0.05, 0.1) is 6.04 Å². The van der Waals surface area contributed by atoms with Gasteiger partial charge in [0, 0.05) is 6.42 Å². The maximum atomic E-state index is 11.8. The Hall–Kier alpha value is -0.860. The Morgan fingerprint density at radius 3 is 2.18 bits per heavy atom. The van der Waals surface area contributed by atoms with Crippen molar-refractivity contribution in [3.05, 3.63) is 35.9 Å². The molecule has 0 bridgehead atoms. The van der Waals surface area contributed by atoms with Crippen molar-refractivity contribution < 1.29 is 4.79 Å². The SMILES string of the molecule is CC(C)[C@H](N)C(=O)C[C@H](C)c1ccccc1.Cl. The molecular formula is C14H22ClNO. The summed E-state index contributed by atoms with van der Waals surface area (Å²) in [5, 5.41) is 0. The molecule has 0 spiro atoms. The van der Waals surface area contributed by atoms with Crippen molar-refractivity contribution in [2.45, 2.75) is 39.2 Å². The van der Waals surface area contributed by atoms with Crippen LogP contribution in [0.2, 0.25) is 0 Å². The highest BCUT2D eigenvalue weighted by atomic mass is 35.5. The molecule has 0 aliphatic carbocycles. The van der Waals surface area contributed by atoms with Crippen LogP contribution in [0.25, 0.3) is 0 Å². The summed E-state index contributed by atoms with van der Waals surface area (Å²) in [5.41, 5.74) is 7.04. The average Bonchev–Trinajstić information content (AvgIpc) is 2.28. The number of halogens is 1. The minimum atomic E-state index is -0.328. The minimum absolute atomic E-state index is 0. The number of rotatable bonds is 5. The summed E-state index contributed by atoms with van der Waals surface area (Å²) in [6.07, 6.45) is 0.531. The first-order chi connectivity index (χ1) is 7.52. The molecule has 0 radical (unpaired) electrons. The molecule has 3 heteroatoms. The summed E-state index contributed by atoms with van der Waals surface area (Å²) in [6.45, 7) is 6.03. The number of carbonyl (C=O) groups is 1. The molecule has 17 heavy (non-hydrogen) atoms. The van der Waals surface area contributed by atoms with Gasteiger partial charge >= 0.3 is 0 Å². The number of carbonyl (C=O) groups excluding carboxylic acids is 1. The van der Waals surface area contributed by atoms with Crippen LogP contribution in [0.15, 0.2) is 30.3 Å². The van der Waals surface area contributed by atoms with Gasteiger partial charge in [0.1, 0.15) is 5.78 Å². The molecule has 2 nitrogen and oxygen atoms in total. The van der Waals surface area contributed by atoms with Gasteiger partial charge in [-0.25, -0.2) is 0 Å². The fourth-order valence-electron chi connectivity index (χ4n) is 1.71. The highest BCUT2D eigenvalue weighted by Gasteiger charge is 2.19. The maximum absolute atomic E-state index is 11.8. The molecule has 0 aliphatic heterocycles. The van der Waals surface area contributed by atoms with Gasteiger partial charge in [-0.05, 0) is 17.4 Å². The lowest BCUT2D eigenvalue weighted by Crippen LogP contribution is -2.36. The Kier molecular flexibility index (Phi) is 7.09. The van der Waals surface area contributed by atoms with E-state index < -0.39 is 0 Å². The van der Waals surface area contributed by atoms with Crippen molar-refractivity contribution in [3.8, 4) is 0 Å². The second-order valence-electron chi connectivity index (χ2n) is 4.75. The van der Waals surface area contributed by atoms with Crippen LogP contribution in [0.1, 0.15) is 38.7 Å². The van der Waals surface area contributed by atoms with Crippen LogP contribution in [-0.4, -0.2) is 11.8 Å². The van der Waals surface area contributed by atoms with Gasteiger partial charge in [-0.3, -0.25) is 4.79 Å². The first kappa shape index (κ1) is 16.1. The Balaban J connectivity index is 0.00000256. The van der Waals surface area contributed by atoms with Crippen LogP contribution in [0.3, 0.4) is 0 Å². The molecule has 0 saturated heterocycles. The Morgan fingerprint density at radius 1 is 1.18 bits per heavy atom. The molecule has 0 aromatic heterocycles. The van der Waals surface area contributed by atoms with E-state index in [0.29, 0.717) is 6.42 Å². The average molecular weight is 256 g/mol. The molecule has 1 aromatic rings. The van der Waals surface area contributed by atoms with Crippen LogP contribution in [-0.2, 0) is 4.79 Å². The van der Waals surface area contributed by atoms with Crippen LogP contribution in [0, 0.1) is 5.92 Å². The van der Waals surface area contributed by atoms with E-state index >= 15 is 0 Å². The van der Waals surface area contributed by atoms with E-state index in [9.17, 15) is 4.79 Å². The minimum Gasteiger partial charge on any atom is -0.321 e. The molecule has 0 saturated carbocycles. The van der Waals surface area contributed by atoms with E-state index in [4.69, 9.17) is 5.73 Å². The topological polar surface area (TPSA) is 43.1 Å². The molecule has 2 N–H and O–H groups in total. The summed E-state index contributed by atoms with van der Waals surface area (Å²) in [7, 11) is 0. The lowest BCUT2D eigenvalue weighted by molar-refractivity contribution is -0.121. The zero-order valence-corrected chi connectivity index (χ0v) is 11.5. The third-order valence-corrected chi connectivity index (χ3v) is 2.97. The third-order valence-electron chi connectivity index (χ3n) is 2.97. The van der Waals surface area contributed by atoms with Gasteiger partial charge in [0.2, 0.25) is 0 Å². The Labute approximate surface area is 110 Å². The summed E-state index contributed by atoms with van der Waals surface area (Å²) in [5.74, 6) is 0.625. The first-order valence-corrected chi connectivity index (χ1v) is 5.85. The highest BCUT2D eigenvalue weighted by Crippen LogP contribution is 2.20. The molecule has 1 rings (SSSR count). The monoisotopic (exact) mass is 255 g/mol. The summed E-state index contributed by atoms with van der Waals surface area (Å²) in [6, 6.07) is 9.76. The molecule has 96 valence electrons. The fourth-order valence-corrected chi connectivity index (χ4v) is 1.71. The van der Waals surface area contributed by atoms with Crippen molar-refractivity contribution in [2.75, 3.05) is 0 Å². The second-order valence-corrected chi connectivity index (χ2v) is 4.75. The number of hydrogen-bond acceptors (Lipinski definition) is 2. The van der Waals surface area contributed by atoms with Gasteiger partial charge in [-0.15, -0.1) is 12.4 Å². The van der Waals surface area contributed by atoms with Gasteiger partial charge < -0.3 is 5.73 Å². The van der Waals surface area contributed by atoms with E-state index in [2.05, 4.69) is 19.1 Å². The smallest absolute Gasteiger partial charge is 0.150 e. The number of nitrogens with two attached hydrogens (primary N) is 1. The number of benzene rings is 1. The van der Waals surface area contributed by atoms with Gasteiger partial charge in [0.25, 0.3) is 0 Å². The predicted molar refractivity (Wildman–Crippen MR) is 74.5 cm³/mol. The largest absolute Gasteiger partial charge is 0.321 e. The predicted octanol–water partition coefficient (Wildman–Crippen LogP) is 3.15. The molecule has 2 atom stereocenters. The normalized spacial score (nSPS) is 13.9. The van der Waals surface area contributed by atoms with E-state index in [-0.39, 0.29) is 36.1 Å². The molecule has 0 amide bonds. The number of ketones is 1. The fraction of sp³-hybridized carbons (Fsp3) is 0.500. The van der Waals surface area contributed by atoms with Gasteiger partial charge in [0.15, 0.2) is 0 Å². The molecule has 0 heterocycles. The molecule has 0 unspecified atom stereocenters. The van der Waals surface area contributed by atoms with Crippen molar-refractivity contribution in [1.82, 2.24) is 0 Å². The van der Waals surface area contributed by atoms with Gasteiger partial charge in [-0.2, -0.15) is 0 Å². The molecule has 0 aliphatic rings. The van der Waals surface area contributed by atoms with Crippen LogP contribution >= 0.6 is 12.4 Å². The summed E-state index contributed by atoms with van der Waals surface area (Å²) < 4.78 is 0. The summed E-state index contributed by atoms with van der Waals surface area (Å²) >= 11 is 0. The lowest BCUT2D eigenvalue weighted by atomic mass is 9.90.